The van der Waals surface area contributed by atoms with Crippen molar-refractivity contribution in [2.24, 2.45) is 0 Å². The molecule has 0 aromatic carbocycles. The van der Waals surface area contributed by atoms with Crippen molar-refractivity contribution in [3.8, 4) is 0 Å². The van der Waals surface area contributed by atoms with E-state index in [2.05, 4.69) is 39.2 Å². The van der Waals surface area contributed by atoms with E-state index in [1.807, 2.05) is 14.1 Å². The van der Waals surface area contributed by atoms with Crippen LogP contribution in [0.4, 0.5) is 0 Å². The quantitative estimate of drug-likeness (QED) is 0.603. The lowest BCUT2D eigenvalue weighted by Gasteiger charge is -2.27. The molecule has 0 N–H and O–H groups in total. The van der Waals surface area contributed by atoms with Crippen LogP contribution in [0.3, 0.4) is 0 Å². The fourth-order valence-electron chi connectivity index (χ4n) is 2.59. The Morgan fingerprint density at radius 3 is 2.68 bits per heavy atom. The molecule has 25 heavy (non-hydrogen) atoms. The predicted molar refractivity (Wildman–Crippen MR) is 93.9 cm³/mol. The SMILES string of the molecule is CC(C)N(C)Cc1nnnn1CC(=O)N(C)CCCN1CCOCC1. The molecule has 0 unspecified atom stereocenters. The number of hydrogen-bond acceptors (Lipinski definition) is 7. The first-order valence-electron chi connectivity index (χ1n) is 8.96. The van der Waals surface area contributed by atoms with Crippen molar-refractivity contribution in [3.63, 3.8) is 0 Å². The minimum atomic E-state index is 0.0303. The first-order chi connectivity index (χ1) is 12.0. The number of morpholine rings is 1. The van der Waals surface area contributed by atoms with Crippen LogP contribution < -0.4 is 0 Å². The van der Waals surface area contributed by atoms with E-state index < -0.39 is 0 Å². The molecule has 9 nitrogen and oxygen atoms in total. The summed E-state index contributed by atoms with van der Waals surface area (Å²) in [5.41, 5.74) is 0. The average molecular weight is 353 g/mol. The Balaban J connectivity index is 1.76. The number of tetrazole rings is 1. The molecule has 142 valence electrons. The first kappa shape index (κ1) is 19.7. The van der Waals surface area contributed by atoms with Gasteiger partial charge in [-0.15, -0.1) is 5.10 Å². The smallest absolute Gasteiger partial charge is 0.244 e. The first-order valence-corrected chi connectivity index (χ1v) is 8.96. The second kappa shape index (κ2) is 9.79. The number of nitrogens with zero attached hydrogens (tertiary/aromatic N) is 7. The maximum atomic E-state index is 12.4. The van der Waals surface area contributed by atoms with Crippen LogP contribution in [0.2, 0.25) is 0 Å². The highest BCUT2D eigenvalue weighted by atomic mass is 16.5. The molecule has 1 aliphatic rings. The Hall–Kier alpha value is -1.58. The molecule has 1 saturated heterocycles. The van der Waals surface area contributed by atoms with Crippen molar-refractivity contribution in [1.29, 1.82) is 0 Å². The third-order valence-corrected chi connectivity index (χ3v) is 4.66. The van der Waals surface area contributed by atoms with Gasteiger partial charge in [-0.05, 0) is 37.7 Å². The van der Waals surface area contributed by atoms with E-state index in [9.17, 15) is 4.79 Å². The highest BCUT2D eigenvalue weighted by molar-refractivity contribution is 5.75. The van der Waals surface area contributed by atoms with E-state index in [1.54, 1.807) is 9.58 Å². The molecule has 2 rings (SSSR count). The highest BCUT2D eigenvalue weighted by Crippen LogP contribution is 2.04. The minimum Gasteiger partial charge on any atom is -0.379 e. The lowest BCUT2D eigenvalue weighted by Crippen LogP contribution is -2.39. The van der Waals surface area contributed by atoms with Crippen LogP contribution in [0, 0.1) is 0 Å². The summed E-state index contributed by atoms with van der Waals surface area (Å²) in [6.45, 7) is 10.3. The van der Waals surface area contributed by atoms with Crippen molar-refractivity contribution in [3.05, 3.63) is 5.82 Å². The maximum absolute atomic E-state index is 12.4. The summed E-state index contributed by atoms with van der Waals surface area (Å²) in [6, 6.07) is 0.392. The Bertz CT molecular complexity index is 528. The molecular weight excluding hydrogens is 322 g/mol. The molecule has 0 radical (unpaired) electrons. The molecule has 0 bridgehead atoms. The molecule has 0 atom stereocenters. The van der Waals surface area contributed by atoms with Gasteiger partial charge in [0.1, 0.15) is 6.54 Å². The molecule has 1 fully saturated rings. The van der Waals surface area contributed by atoms with Gasteiger partial charge in [0, 0.05) is 39.3 Å². The monoisotopic (exact) mass is 353 g/mol. The van der Waals surface area contributed by atoms with Crippen LogP contribution in [0.15, 0.2) is 0 Å². The van der Waals surface area contributed by atoms with E-state index in [1.165, 1.54) is 0 Å². The van der Waals surface area contributed by atoms with Gasteiger partial charge in [0.15, 0.2) is 5.82 Å². The standard InChI is InChI=1S/C16H31N7O2/c1-14(2)21(4)12-15-17-18-19-23(15)13-16(24)20(3)6-5-7-22-8-10-25-11-9-22/h14H,5-13H2,1-4H3. The number of amides is 1. The summed E-state index contributed by atoms with van der Waals surface area (Å²) < 4.78 is 6.94. The van der Waals surface area contributed by atoms with Gasteiger partial charge in [0.25, 0.3) is 0 Å². The van der Waals surface area contributed by atoms with Crippen molar-refractivity contribution >= 4 is 5.91 Å². The highest BCUT2D eigenvalue weighted by Gasteiger charge is 2.16. The summed E-state index contributed by atoms with van der Waals surface area (Å²) in [7, 11) is 3.86. The molecule has 0 saturated carbocycles. The van der Waals surface area contributed by atoms with Gasteiger partial charge in [-0.1, -0.05) is 0 Å². The van der Waals surface area contributed by atoms with Gasteiger partial charge < -0.3 is 9.64 Å². The summed E-state index contributed by atoms with van der Waals surface area (Å²) in [6.07, 6.45) is 0.959. The van der Waals surface area contributed by atoms with Crippen LogP contribution in [-0.2, 0) is 22.6 Å². The second-order valence-electron chi connectivity index (χ2n) is 6.88. The normalized spacial score (nSPS) is 15.9. The van der Waals surface area contributed by atoms with Gasteiger partial charge in [-0.3, -0.25) is 14.6 Å². The van der Waals surface area contributed by atoms with Gasteiger partial charge in [-0.2, -0.15) is 0 Å². The van der Waals surface area contributed by atoms with Crippen molar-refractivity contribution in [1.82, 2.24) is 34.9 Å². The van der Waals surface area contributed by atoms with Gasteiger partial charge in [0.2, 0.25) is 5.91 Å². The molecule has 2 heterocycles. The number of rotatable bonds is 9. The summed E-state index contributed by atoms with van der Waals surface area (Å²) in [4.78, 5) is 18.7. The third-order valence-electron chi connectivity index (χ3n) is 4.66. The number of hydrogen-bond donors (Lipinski definition) is 0. The van der Waals surface area contributed by atoms with Gasteiger partial charge >= 0.3 is 0 Å². The molecule has 0 spiro atoms. The number of carbonyl (C=O) groups is 1. The van der Waals surface area contributed by atoms with Crippen molar-refractivity contribution in [2.45, 2.75) is 39.4 Å². The van der Waals surface area contributed by atoms with Crippen LogP contribution in [0.25, 0.3) is 0 Å². The number of aromatic nitrogens is 4. The Morgan fingerprint density at radius 1 is 1.28 bits per heavy atom. The molecule has 9 heteroatoms. The third kappa shape index (κ3) is 6.33. The maximum Gasteiger partial charge on any atom is 0.244 e. The topological polar surface area (TPSA) is 79.6 Å². The molecule has 0 aliphatic carbocycles. The number of likely N-dealkylation sites (N-methyl/N-ethyl adjacent to an activating group) is 1. The van der Waals surface area contributed by atoms with E-state index in [-0.39, 0.29) is 12.5 Å². The summed E-state index contributed by atoms with van der Waals surface area (Å²) >= 11 is 0. The van der Waals surface area contributed by atoms with E-state index in [4.69, 9.17) is 4.74 Å². The zero-order valence-corrected chi connectivity index (χ0v) is 15.9. The van der Waals surface area contributed by atoms with E-state index in [0.29, 0.717) is 18.4 Å². The van der Waals surface area contributed by atoms with Crippen molar-refractivity contribution in [2.75, 3.05) is 53.5 Å². The summed E-state index contributed by atoms with van der Waals surface area (Å²) in [5, 5.41) is 11.7. The molecular formula is C16H31N7O2. The van der Waals surface area contributed by atoms with E-state index in [0.717, 1.165) is 45.8 Å². The Morgan fingerprint density at radius 2 is 2.00 bits per heavy atom. The Labute approximate surface area is 149 Å². The average Bonchev–Trinajstić information content (AvgIpc) is 3.02. The van der Waals surface area contributed by atoms with Crippen LogP contribution >= 0.6 is 0 Å². The van der Waals surface area contributed by atoms with Crippen LogP contribution in [-0.4, -0.2) is 100 Å². The lowest BCUT2D eigenvalue weighted by molar-refractivity contribution is -0.130. The molecule has 1 aromatic heterocycles. The van der Waals surface area contributed by atoms with Crippen LogP contribution in [0.1, 0.15) is 26.1 Å². The number of carbonyl (C=O) groups excluding carboxylic acids is 1. The van der Waals surface area contributed by atoms with Gasteiger partial charge in [-0.25, -0.2) is 4.68 Å². The molecule has 1 aromatic rings. The van der Waals surface area contributed by atoms with Gasteiger partial charge in [0.05, 0.1) is 19.8 Å². The lowest BCUT2D eigenvalue weighted by atomic mass is 10.3. The molecule has 1 aliphatic heterocycles. The Kier molecular flexibility index (Phi) is 7.73. The molecule has 1 amide bonds. The van der Waals surface area contributed by atoms with Crippen molar-refractivity contribution < 1.29 is 9.53 Å². The predicted octanol–water partition coefficient (Wildman–Crippen LogP) is -0.306. The largest absolute Gasteiger partial charge is 0.379 e. The summed E-state index contributed by atoms with van der Waals surface area (Å²) in [5.74, 6) is 0.744. The number of ether oxygens (including phenoxy) is 1. The zero-order valence-electron chi connectivity index (χ0n) is 15.9. The van der Waals surface area contributed by atoms with E-state index >= 15 is 0 Å². The zero-order chi connectivity index (χ0) is 18.2. The fourth-order valence-corrected chi connectivity index (χ4v) is 2.59. The van der Waals surface area contributed by atoms with Crippen LogP contribution in [0.5, 0.6) is 0 Å². The fraction of sp³-hybridized carbons (Fsp3) is 0.875. The minimum absolute atomic E-state index is 0.0303. The second-order valence-corrected chi connectivity index (χ2v) is 6.88.